The molecule has 0 saturated carbocycles. The van der Waals surface area contributed by atoms with E-state index in [0.29, 0.717) is 19.7 Å². The Bertz CT molecular complexity index is 1070. The van der Waals surface area contributed by atoms with Gasteiger partial charge < -0.3 is 14.2 Å². The van der Waals surface area contributed by atoms with E-state index in [4.69, 9.17) is 4.74 Å². The quantitative estimate of drug-likeness (QED) is 0.342. The van der Waals surface area contributed by atoms with Crippen molar-refractivity contribution in [1.82, 2.24) is 9.47 Å². The molecule has 0 N–H and O–H groups in total. The van der Waals surface area contributed by atoms with Gasteiger partial charge in [0, 0.05) is 30.2 Å². The van der Waals surface area contributed by atoms with E-state index < -0.39 is 0 Å². The van der Waals surface area contributed by atoms with Crippen molar-refractivity contribution in [3.05, 3.63) is 58.4 Å². The molecule has 2 heterocycles. The maximum atomic E-state index is 12.9. The molecule has 0 radical (unpaired) electrons. The molecule has 1 aromatic heterocycles. The minimum Gasteiger partial charge on any atom is -0.466 e. The van der Waals surface area contributed by atoms with Gasteiger partial charge >= 0.3 is 5.97 Å². The number of hydrogen-bond donors (Lipinski definition) is 0. The molecule has 0 spiro atoms. The van der Waals surface area contributed by atoms with Crippen molar-refractivity contribution in [1.29, 1.82) is 5.26 Å². The fourth-order valence-electron chi connectivity index (χ4n) is 4.27. The molecule has 1 amide bonds. The van der Waals surface area contributed by atoms with E-state index in [0.717, 1.165) is 47.5 Å². The summed E-state index contributed by atoms with van der Waals surface area (Å²) in [7, 11) is 0. The lowest BCUT2D eigenvalue weighted by Crippen LogP contribution is -2.36. The maximum Gasteiger partial charge on any atom is 0.310 e. The molecular weight excluding hydrogens is 414 g/mol. The van der Waals surface area contributed by atoms with Crippen LogP contribution in [0.15, 0.2) is 35.9 Å². The Morgan fingerprint density at radius 2 is 1.82 bits per heavy atom. The zero-order valence-corrected chi connectivity index (χ0v) is 20.1. The molecular formula is C27H33N3O3. The molecule has 0 unspecified atom stereocenters. The largest absolute Gasteiger partial charge is 0.466 e. The molecule has 1 fully saturated rings. The van der Waals surface area contributed by atoms with Crippen molar-refractivity contribution < 1.29 is 14.3 Å². The highest BCUT2D eigenvalue weighted by Crippen LogP contribution is 2.29. The van der Waals surface area contributed by atoms with Crippen molar-refractivity contribution in [3.63, 3.8) is 0 Å². The number of nitrogens with zero attached hydrogens (tertiary/aromatic N) is 3. The van der Waals surface area contributed by atoms with Gasteiger partial charge in [-0.2, -0.15) is 5.26 Å². The molecule has 6 nitrogen and oxygen atoms in total. The highest BCUT2D eigenvalue weighted by Gasteiger charge is 2.22. The second-order valence-corrected chi connectivity index (χ2v) is 8.77. The first-order chi connectivity index (χ1) is 15.8. The first kappa shape index (κ1) is 24.3. The summed E-state index contributed by atoms with van der Waals surface area (Å²) in [5.74, 6) is -0.174. The highest BCUT2D eigenvalue weighted by atomic mass is 16.5. The van der Waals surface area contributed by atoms with Crippen LogP contribution in [-0.4, -0.2) is 41.0 Å². The lowest BCUT2D eigenvalue weighted by atomic mass is 10.1. The van der Waals surface area contributed by atoms with Crippen LogP contribution in [0.5, 0.6) is 0 Å². The average molecular weight is 448 g/mol. The highest BCUT2D eigenvalue weighted by molar-refractivity contribution is 6.01. The van der Waals surface area contributed by atoms with Crippen molar-refractivity contribution in [2.45, 2.75) is 59.3 Å². The molecule has 174 valence electrons. The second kappa shape index (κ2) is 11.0. The zero-order valence-electron chi connectivity index (χ0n) is 20.1. The number of likely N-dealkylation sites (tertiary alicyclic amines) is 1. The van der Waals surface area contributed by atoms with Crippen LogP contribution in [0, 0.1) is 18.3 Å². The number of carbonyl (C=O) groups is 2. The van der Waals surface area contributed by atoms with Gasteiger partial charge in [-0.05, 0) is 74.4 Å². The van der Waals surface area contributed by atoms with Crippen LogP contribution in [0.2, 0.25) is 0 Å². The first-order valence-electron chi connectivity index (χ1n) is 11.7. The first-order valence-corrected chi connectivity index (χ1v) is 11.7. The number of amides is 1. The number of carbonyl (C=O) groups excluding carboxylic acids is 2. The summed E-state index contributed by atoms with van der Waals surface area (Å²) < 4.78 is 7.19. The fraction of sp³-hybridized carbons (Fsp3) is 0.444. The van der Waals surface area contributed by atoms with Crippen molar-refractivity contribution in [2.75, 3.05) is 19.7 Å². The third kappa shape index (κ3) is 5.73. The number of nitriles is 1. The fourth-order valence-corrected chi connectivity index (χ4v) is 4.27. The monoisotopic (exact) mass is 447 g/mol. The van der Waals surface area contributed by atoms with E-state index in [2.05, 4.69) is 30.6 Å². The summed E-state index contributed by atoms with van der Waals surface area (Å²) in [4.78, 5) is 26.5. The molecule has 33 heavy (non-hydrogen) atoms. The Hall–Kier alpha value is -3.33. The van der Waals surface area contributed by atoms with Crippen LogP contribution in [0.4, 0.5) is 0 Å². The summed E-state index contributed by atoms with van der Waals surface area (Å²) in [5, 5.41) is 9.71. The van der Waals surface area contributed by atoms with E-state index in [9.17, 15) is 14.9 Å². The molecule has 6 heteroatoms. The topological polar surface area (TPSA) is 75.3 Å². The molecule has 0 bridgehead atoms. The summed E-state index contributed by atoms with van der Waals surface area (Å²) in [5.41, 5.74) is 4.99. The zero-order chi connectivity index (χ0) is 24.0. The van der Waals surface area contributed by atoms with Gasteiger partial charge in [0.05, 0.1) is 13.0 Å². The number of ether oxygens (including phenoxy) is 1. The minimum absolute atomic E-state index is 0.178. The number of hydrogen-bond acceptors (Lipinski definition) is 4. The molecule has 0 aliphatic carbocycles. The van der Waals surface area contributed by atoms with E-state index in [1.807, 2.05) is 31.2 Å². The standard InChI is InChI=1S/C27H33N3O3/c1-5-33-26(31)15-21-9-11-24(12-10-21)30-20(4)22(17-25(30)19(2)3)16-23(18-28)27(32)29-13-7-6-8-14-29/h9-12,16-17,19H,5-8,13-15H2,1-4H3/b23-16+. The van der Waals surface area contributed by atoms with Gasteiger partial charge in [-0.25, -0.2) is 0 Å². The molecule has 1 aliphatic heterocycles. The van der Waals surface area contributed by atoms with Crippen molar-refractivity contribution in [2.24, 2.45) is 0 Å². The molecule has 3 rings (SSSR count). The number of rotatable bonds is 7. The number of esters is 1. The summed E-state index contributed by atoms with van der Waals surface area (Å²) in [6.45, 7) is 9.85. The van der Waals surface area contributed by atoms with Crippen LogP contribution in [-0.2, 0) is 20.7 Å². The lowest BCUT2D eigenvalue weighted by Gasteiger charge is -2.26. The Balaban J connectivity index is 1.93. The van der Waals surface area contributed by atoms with E-state index in [1.165, 1.54) is 0 Å². The second-order valence-electron chi connectivity index (χ2n) is 8.77. The van der Waals surface area contributed by atoms with Gasteiger partial charge in [0.25, 0.3) is 5.91 Å². The predicted molar refractivity (Wildman–Crippen MR) is 129 cm³/mol. The van der Waals surface area contributed by atoms with Gasteiger partial charge in [0.15, 0.2) is 0 Å². The SMILES string of the molecule is CCOC(=O)Cc1ccc(-n2c(C(C)C)cc(/C=C(\C#N)C(=O)N3CCCCC3)c2C)cc1. The average Bonchev–Trinajstić information content (AvgIpc) is 3.14. The number of piperidine rings is 1. The predicted octanol–water partition coefficient (Wildman–Crippen LogP) is 4.93. The Kier molecular flexibility index (Phi) is 8.11. The van der Waals surface area contributed by atoms with Crippen LogP contribution in [0.25, 0.3) is 11.8 Å². The summed E-state index contributed by atoms with van der Waals surface area (Å²) >= 11 is 0. The van der Waals surface area contributed by atoms with Crippen LogP contribution >= 0.6 is 0 Å². The van der Waals surface area contributed by atoms with Crippen LogP contribution in [0.3, 0.4) is 0 Å². The number of benzene rings is 1. The molecule has 0 atom stereocenters. The Labute approximate surface area is 196 Å². The molecule has 2 aromatic rings. The smallest absolute Gasteiger partial charge is 0.310 e. The lowest BCUT2D eigenvalue weighted by molar-refractivity contribution is -0.142. The van der Waals surface area contributed by atoms with Gasteiger partial charge in [0.2, 0.25) is 0 Å². The van der Waals surface area contributed by atoms with Crippen molar-refractivity contribution >= 4 is 18.0 Å². The van der Waals surface area contributed by atoms with E-state index in [1.54, 1.807) is 17.9 Å². The summed E-state index contributed by atoms with van der Waals surface area (Å²) in [6.07, 6.45) is 5.08. The molecule has 1 saturated heterocycles. The summed E-state index contributed by atoms with van der Waals surface area (Å²) in [6, 6.07) is 12.0. The van der Waals surface area contributed by atoms with Crippen LogP contribution < -0.4 is 0 Å². The molecule has 1 aromatic carbocycles. The van der Waals surface area contributed by atoms with Gasteiger partial charge in [0.1, 0.15) is 11.6 Å². The van der Waals surface area contributed by atoms with Crippen molar-refractivity contribution in [3.8, 4) is 11.8 Å². The maximum absolute atomic E-state index is 12.9. The van der Waals surface area contributed by atoms with Gasteiger partial charge in [-0.1, -0.05) is 26.0 Å². The number of aromatic nitrogens is 1. The Morgan fingerprint density at radius 3 is 2.39 bits per heavy atom. The third-order valence-electron chi connectivity index (χ3n) is 6.05. The normalized spacial score (nSPS) is 14.3. The van der Waals surface area contributed by atoms with E-state index in [-0.39, 0.29) is 29.8 Å². The van der Waals surface area contributed by atoms with Gasteiger partial charge in [-0.3, -0.25) is 9.59 Å². The van der Waals surface area contributed by atoms with Gasteiger partial charge in [-0.15, -0.1) is 0 Å². The Morgan fingerprint density at radius 1 is 1.15 bits per heavy atom. The molecule has 1 aliphatic rings. The minimum atomic E-state index is -0.236. The van der Waals surface area contributed by atoms with Crippen LogP contribution in [0.1, 0.15) is 68.5 Å². The third-order valence-corrected chi connectivity index (χ3v) is 6.05. The van der Waals surface area contributed by atoms with E-state index >= 15 is 0 Å².